The lowest BCUT2D eigenvalue weighted by Crippen LogP contribution is -2.44. The zero-order chi connectivity index (χ0) is 21.0. The summed E-state index contributed by atoms with van der Waals surface area (Å²) in [6, 6.07) is 11.0. The van der Waals surface area contributed by atoms with Crippen LogP contribution in [0.1, 0.15) is 27.7 Å². The third-order valence-corrected chi connectivity index (χ3v) is 4.32. The van der Waals surface area contributed by atoms with Gasteiger partial charge in [0, 0.05) is 13.8 Å². The van der Waals surface area contributed by atoms with Gasteiger partial charge >= 0.3 is 11.9 Å². The molecule has 0 amide bonds. The summed E-state index contributed by atoms with van der Waals surface area (Å²) in [5.41, 5.74) is 0.664. The van der Waals surface area contributed by atoms with Crippen LogP contribution in [-0.4, -0.2) is 61.0 Å². The van der Waals surface area contributed by atoms with Gasteiger partial charge in [-0.05, 0) is 26.0 Å². The van der Waals surface area contributed by atoms with Crippen molar-refractivity contribution in [1.82, 2.24) is 0 Å². The third kappa shape index (κ3) is 5.48. The Kier molecular flexibility index (Phi) is 6.44. The number of para-hydroxylation sites is 1. The number of hydrogen-bond donors (Lipinski definition) is 0. The van der Waals surface area contributed by atoms with Crippen molar-refractivity contribution in [2.45, 2.75) is 64.1 Å². The summed E-state index contributed by atoms with van der Waals surface area (Å²) in [7, 11) is 0. The van der Waals surface area contributed by atoms with Crippen molar-refractivity contribution in [3.05, 3.63) is 30.3 Å². The second-order valence-corrected chi connectivity index (χ2v) is 7.19. The monoisotopic (exact) mass is 404 g/mol. The van der Waals surface area contributed by atoms with Crippen LogP contribution in [0.2, 0.25) is 0 Å². The molecule has 2 aliphatic heterocycles. The molecule has 2 heterocycles. The highest BCUT2D eigenvalue weighted by molar-refractivity contribution is 5.66. The van der Waals surface area contributed by atoms with Crippen molar-refractivity contribution in [3.8, 4) is 0 Å². The molecule has 2 fully saturated rings. The first kappa shape index (κ1) is 21.1. The molecular weight excluding hydrogens is 380 g/mol. The summed E-state index contributed by atoms with van der Waals surface area (Å²) >= 11 is 0. The molecule has 0 spiro atoms. The Bertz CT molecular complexity index is 804. The summed E-state index contributed by atoms with van der Waals surface area (Å²) in [6.45, 7) is 5.98. The molecule has 0 N–H and O–H groups in total. The highest BCUT2D eigenvalue weighted by atomic mass is 16.8. The van der Waals surface area contributed by atoms with Gasteiger partial charge < -0.3 is 23.7 Å². The molecule has 0 radical (unpaired) electrons. The van der Waals surface area contributed by atoms with E-state index in [0.717, 1.165) is 0 Å². The van der Waals surface area contributed by atoms with Crippen LogP contribution < -0.4 is 0 Å². The van der Waals surface area contributed by atoms with Crippen LogP contribution in [0, 0.1) is 0 Å². The third-order valence-electron chi connectivity index (χ3n) is 4.32. The van der Waals surface area contributed by atoms with E-state index in [0.29, 0.717) is 5.69 Å². The fourth-order valence-corrected chi connectivity index (χ4v) is 3.21. The molecule has 0 aliphatic carbocycles. The summed E-state index contributed by atoms with van der Waals surface area (Å²) in [4.78, 5) is 31.4. The first-order chi connectivity index (χ1) is 13.7. The number of esters is 2. The summed E-state index contributed by atoms with van der Waals surface area (Å²) in [5, 5.41) is 0. The molecule has 3 rings (SSSR count). The zero-order valence-electron chi connectivity index (χ0n) is 16.7. The van der Waals surface area contributed by atoms with Crippen LogP contribution in [0.5, 0.6) is 0 Å². The van der Waals surface area contributed by atoms with E-state index in [-0.39, 0.29) is 6.61 Å². The fourth-order valence-electron chi connectivity index (χ4n) is 3.21. The number of fused-ring (bicyclic) bond motifs is 1. The molecular formula is C20H24N2O7. The van der Waals surface area contributed by atoms with E-state index in [2.05, 4.69) is 16.0 Å². The Hall–Kier alpha value is -2.58. The number of hydrogen-bond acceptors (Lipinski definition) is 9. The SMILES string of the molecule is CC(=O)OC[C@H](N=C=Nc1ccccc1)[C@H]1O[C@@H]2OC(C)(C)O[C@@H]2[C@@H]1OC(C)=O. The Morgan fingerprint density at radius 1 is 1.17 bits per heavy atom. The molecule has 0 unspecified atom stereocenters. The predicted molar refractivity (Wildman–Crippen MR) is 101 cm³/mol. The maximum absolute atomic E-state index is 11.7. The molecule has 0 bridgehead atoms. The van der Waals surface area contributed by atoms with Crippen LogP contribution in [0.3, 0.4) is 0 Å². The van der Waals surface area contributed by atoms with Gasteiger partial charge in [-0.25, -0.2) is 4.99 Å². The van der Waals surface area contributed by atoms with Gasteiger partial charge in [0.15, 0.2) is 24.3 Å². The van der Waals surface area contributed by atoms with Crippen LogP contribution in [0.15, 0.2) is 40.3 Å². The maximum atomic E-state index is 11.7. The molecule has 2 aliphatic rings. The Morgan fingerprint density at radius 2 is 1.90 bits per heavy atom. The lowest BCUT2D eigenvalue weighted by molar-refractivity contribution is -0.221. The average molecular weight is 404 g/mol. The molecule has 29 heavy (non-hydrogen) atoms. The van der Waals surface area contributed by atoms with E-state index < -0.39 is 48.4 Å². The standard InChI is InChI=1S/C20H24N2O7/c1-12(23)25-10-15(22-11-21-14-8-6-5-7-9-14)16-17(26-13(2)24)18-19(27-16)29-20(3,4)28-18/h5-9,15-19H,10H2,1-4H3/t15-,16+,17+,18+,19+/m0/s1. The summed E-state index contributed by atoms with van der Waals surface area (Å²) in [6.07, 6.45) is -2.91. The Morgan fingerprint density at radius 3 is 2.55 bits per heavy atom. The number of benzene rings is 1. The van der Waals surface area contributed by atoms with Crippen molar-refractivity contribution < 1.29 is 33.3 Å². The number of ether oxygens (including phenoxy) is 5. The fraction of sp³-hybridized carbons (Fsp3) is 0.550. The van der Waals surface area contributed by atoms with Crippen molar-refractivity contribution in [2.75, 3.05) is 6.61 Å². The van der Waals surface area contributed by atoms with E-state index >= 15 is 0 Å². The van der Waals surface area contributed by atoms with Gasteiger partial charge in [-0.15, -0.1) is 0 Å². The van der Waals surface area contributed by atoms with E-state index in [4.69, 9.17) is 23.7 Å². The summed E-state index contributed by atoms with van der Waals surface area (Å²) < 4.78 is 28.1. The predicted octanol–water partition coefficient (Wildman–Crippen LogP) is 2.23. The topological polar surface area (TPSA) is 105 Å². The first-order valence-corrected chi connectivity index (χ1v) is 9.27. The van der Waals surface area contributed by atoms with E-state index in [1.54, 1.807) is 26.0 Å². The van der Waals surface area contributed by atoms with Crippen LogP contribution >= 0.6 is 0 Å². The molecule has 0 aromatic heterocycles. The van der Waals surface area contributed by atoms with E-state index in [1.807, 2.05) is 18.2 Å². The maximum Gasteiger partial charge on any atom is 0.303 e. The Balaban J connectivity index is 1.84. The molecule has 9 nitrogen and oxygen atoms in total. The minimum absolute atomic E-state index is 0.0993. The van der Waals surface area contributed by atoms with Gasteiger partial charge in [0.2, 0.25) is 0 Å². The molecule has 1 aromatic carbocycles. The van der Waals surface area contributed by atoms with Gasteiger partial charge in [0.1, 0.15) is 18.8 Å². The van der Waals surface area contributed by atoms with Gasteiger partial charge in [-0.1, -0.05) is 18.2 Å². The molecule has 1 aromatic rings. The largest absolute Gasteiger partial charge is 0.463 e. The molecule has 9 heteroatoms. The lowest BCUT2D eigenvalue weighted by atomic mass is 10.0. The van der Waals surface area contributed by atoms with Crippen molar-refractivity contribution >= 4 is 23.6 Å². The number of carbonyl (C=O) groups is 2. The number of rotatable bonds is 6. The van der Waals surface area contributed by atoms with Gasteiger partial charge in [0.25, 0.3) is 0 Å². The van der Waals surface area contributed by atoms with Crippen molar-refractivity contribution in [3.63, 3.8) is 0 Å². The first-order valence-electron chi connectivity index (χ1n) is 9.27. The quantitative estimate of drug-likeness (QED) is 0.529. The molecule has 2 saturated heterocycles. The average Bonchev–Trinajstić information content (AvgIpc) is 3.11. The van der Waals surface area contributed by atoms with E-state index in [1.165, 1.54) is 13.8 Å². The summed E-state index contributed by atoms with van der Waals surface area (Å²) in [5.74, 6) is -1.84. The van der Waals surface area contributed by atoms with Crippen LogP contribution in [-0.2, 0) is 33.3 Å². The van der Waals surface area contributed by atoms with Crippen molar-refractivity contribution in [1.29, 1.82) is 0 Å². The lowest BCUT2D eigenvalue weighted by Gasteiger charge is -2.28. The smallest absolute Gasteiger partial charge is 0.303 e. The van der Waals surface area contributed by atoms with E-state index in [9.17, 15) is 9.59 Å². The van der Waals surface area contributed by atoms with Crippen LogP contribution in [0.4, 0.5) is 5.69 Å². The van der Waals surface area contributed by atoms with Crippen molar-refractivity contribution in [2.24, 2.45) is 9.98 Å². The normalized spacial score (nSPS) is 28.0. The highest BCUT2D eigenvalue weighted by Crippen LogP contribution is 2.40. The van der Waals surface area contributed by atoms with Crippen LogP contribution in [0.25, 0.3) is 0 Å². The molecule has 156 valence electrons. The second-order valence-electron chi connectivity index (χ2n) is 7.19. The minimum atomic E-state index is -0.873. The van der Waals surface area contributed by atoms with Gasteiger partial charge in [0.05, 0.1) is 11.7 Å². The zero-order valence-corrected chi connectivity index (χ0v) is 16.7. The number of carbonyl (C=O) groups excluding carboxylic acids is 2. The number of aliphatic imine (C=N–C) groups is 2. The highest BCUT2D eigenvalue weighted by Gasteiger charge is 2.58. The number of nitrogens with zero attached hydrogens (tertiary/aromatic N) is 2. The molecule has 5 atom stereocenters. The minimum Gasteiger partial charge on any atom is -0.463 e. The van der Waals surface area contributed by atoms with Gasteiger partial charge in [-0.2, -0.15) is 4.99 Å². The second kappa shape index (κ2) is 8.84. The Labute approximate surface area is 168 Å². The van der Waals surface area contributed by atoms with Gasteiger partial charge in [-0.3, -0.25) is 9.59 Å². The molecule has 0 saturated carbocycles.